The summed E-state index contributed by atoms with van der Waals surface area (Å²) in [6, 6.07) is 19.5. The van der Waals surface area contributed by atoms with Gasteiger partial charge in [-0.3, -0.25) is 4.79 Å². The van der Waals surface area contributed by atoms with Crippen molar-refractivity contribution in [3.8, 4) is 28.8 Å². The van der Waals surface area contributed by atoms with Gasteiger partial charge in [-0.25, -0.2) is 4.68 Å². The SMILES string of the molecule is COc1cccc(-c2nn(-c3ccccc3)cc2/C=C(/C#N)C(=O)N2CCCCC2)c1. The Labute approximate surface area is 182 Å². The topological polar surface area (TPSA) is 71.1 Å². The number of piperidine rings is 1. The summed E-state index contributed by atoms with van der Waals surface area (Å²) in [6.45, 7) is 1.40. The number of methoxy groups -OCH3 is 1. The first kappa shape index (κ1) is 20.4. The van der Waals surface area contributed by atoms with Crippen LogP contribution in [0.25, 0.3) is 23.0 Å². The lowest BCUT2D eigenvalue weighted by Gasteiger charge is -2.26. The summed E-state index contributed by atoms with van der Waals surface area (Å²) in [5, 5.41) is 14.5. The molecule has 6 heteroatoms. The molecule has 4 rings (SSSR count). The van der Waals surface area contributed by atoms with Crippen LogP contribution in [-0.4, -0.2) is 40.8 Å². The van der Waals surface area contributed by atoms with E-state index in [0.717, 1.165) is 30.5 Å². The second kappa shape index (κ2) is 9.31. The van der Waals surface area contributed by atoms with Crippen molar-refractivity contribution in [1.29, 1.82) is 5.26 Å². The van der Waals surface area contributed by atoms with Crippen molar-refractivity contribution < 1.29 is 9.53 Å². The van der Waals surface area contributed by atoms with Gasteiger partial charge in [-0.1, -0.05) is 30.3 Å². The Bertz CT molecular complexity index is 1140. The molecule has 156 valence electrons. The monoisotopic (exact) mass is 412 g/mol. The standard InChI is InChI=1S/C25H24N4O2/c1-31-23-12-8-9-19(16-23)24-21(18-29(27-24)22-10-4-2-5-11-22)15-20(17-26)25(30)28-13-6-3-7-14-28/h2,4-5,8-12,15-16,18H,3,6-7,13-14H2,1H3/b20-15-. The third-order valence-electron chi connectivity index (χ3n) is 5.40. The van der Waals surface area contributed by atoms with Crippen LogP contribution in [0, 0.1) is 11.3 Å². The predicted octanol–water partition coefficient (Wildman–Crippen LogP) is 4.47. The van der Waals surface area contributed by atoms with E-state index in [9.17, 15) is 10.1 Å². The summed E-state index contributed by atoms with van der Waals surface area (Å²) < 4.78 is 7.13. The first-order chi connectivity index (χ1) is 15.2. The number of rotatable bonds is 5. The van der Waals surface area contributed by atoms with Crippen molar-refractivity contribution in [2.24, 2.45) is 0 Å². The van der Waals surface area contributed by atoms with Crippen LogP contribution in [0.2, 0.25) is 0 Å². The Morgan fingerprint density at radius 3 is 2.58 bits per heavy atom. The fraction of sp³-hybridized carbons (Fsp3) is 0.240. The van der Waals surface area contributed by atoms with Crippen LogP contribution in [-0.2, 0) is 4.79 Å². The summed E-state index contributed by atoms with van der Waals surface area (Å²) in [6.07, 6.45) is 6.58. The van der Waals surface area contributed by atoms with Crippen LogP contribution in [0.5, 0.6) is 5.75 Å². The number of likely N-dealkylation sites (tertiary alicyclic amines) is 1. The number of benzene rings is 2. The van der Waals surface area contributed by atoms with Gasteiger partial charge in [0.05, 0.1) is 12.8 Å². The highest BCUT2D eigenvalue weighted by Gasteiger charge is 2.21. The largest absolute Gasteiger partial charge is 0.497 e. The van der Waals surface area contributed by atoms with E-state index in [-0.39, 0.29) is 11.5 Å². The molecule has 1 aromatic heterocycles. The molecule has 2 heterocycles. The number of para-hydroxylation sites is 1. The maximum Gasteiger partial charge on any atom is 0.264 e. The molecule has 1 amide bonds. The molecule has 0 spiro atoms. The van der Waals surface area contributed by atoms with Gasteiger partial charge >= 0.3 is 0 Å². The summed E-state index contributed by atoms with van der Waals surface area (Å²) in [5.74, 6) is 0.498. The molecule has 0 saturated carbocycles. The van der Waals surface area contributed by atoms with Gasteiger partial charge in [0.25, 0.3) is 5.91 Å². The predicted molar refractivity (Wildman–Crippen MR) is 120 cm³/mol. The van der Waals surface area contributed by atoms with Gasteiger partial charge in [0.2, 0.25) is 0 Å². The number of hydrogen-bond donors (Lipinski definition) is 0. The van der Waals surface area contributed by atoms with Crippen LogP contribution < -0.4 is 4.74 Å². The summed E-state index contributed by atoms with van der Waals surface area (Å²) in [5.41, 5.74) is 3.26. The number of nitriles is 1. The van der Waals surface area contributed by atoms with Crippen molar-refractivity contribution in [1.82, 2.24) is 14.7 Å². The van der Waals surface area contributed by atoms with E-state index in [2.05, 4.69) is 6.07 Å². The van der Waals surface area contributed by atoms with Crippen LogP contribution in [0.3, 0.4) is 0 Å². The molecule has 2 aromatic carbocycles. The Hall–Kier alpha value is -3.85. The first-order valence-corrected chi connectivity index (χ1v) is 10.4. The Morgan fingerprint density at radius 1 is 1.10 bits per heavy atom. The van der Waals surface area contributed by atoms with Gasteiger partial charge in [-0.15, -0.1) is 0 Å². The van der Waals surface area contributed by atoms with Crippen molar-refractivity contribution >= 4 is 12.0 Å². The summed E-state index contributed by atoms with van der Waals surface area (Å²) in [4.78, 5) is 14.7. The fourth-order valence-corrected chi connectivity index (χ4v) is 3.77. The maximum absolute atomic E-state index is 12.9. The molecule has 0 unspecified atom stereocenters. The fourth-order valence-electron chi connectivity index (χ4n) is 3.77. The van der Waals surface area contributed by atoms with Crippen molar-refractivity contribution in [2.75, 3.05) is 20.2 Å². The number of aromatic nitrogens is 2. The van der Waals surface area contributed by atoms with Gasteiger partial charge in [-0.2, -0.15) is 10.4 Å². The second-order valence-corrected chi connectivity index (χ2v) is 7.47. The number of amides is 1. The van der Waals surface area contributed by atoms with E-state index in [0.29, 0.717) is 30.1 Å². The van der Waals surface area contributed by atoms with E-state index < -0.39 is 0 Å². The van der Waals surface area contributed by atoms with Crippen molar-refractivity contribution in [2.45, 2.75) is 19.3 Å². The minimum atomic E-state index is -0.216. The molecule has 1 aliphatic rings. The molecule has 31 heavy (non-hydrogen) atoms. The smallest absolute Gasteiger partial charge is 0.264 e. The molecule has 3 aromatic rings. The zero-order valence-electron chi connectivity index (χ0n) is 17.5. The van der Waals surface area contributed by atoms with Gasteiger partial charge < -0.3 is 9.64 Å². The zero-order valence-corrected chi connectivity index (χ0v) is 17.5. The molecule has 1 saturated heterocycles. The maximum atomic E-state index is 12.9. The lowest BCUT2D eigenvalue weighted by molar-refractivity contribution is -0.127. The lowest BCUT2D eigenvalue weighted by Crippen LogP contribution is -2.36. The van der Waals surface area contributed by atoms with Crippen LogP contribution in [0.4, 0.5) is 0 Å². The van der Waals surface area contributed by atoms with Gasteiger partial charge in [0.15, 0.2) is 0 Å². The molecule has 1 fully saturated rings. The van der Waals surface area contributed by atoms with Crippen LogP contribution in [0.15, 0.2) is 66.4 Å². The number of ether oxygens (including phenoxy) is 1. The van der Waals surface area contributed by atoms with Gasteiger partial charge in [-0.05, 0) is 49.6 Å². The molecule has 0 radical (unpaired) electrons. The summed E-state index contributed by atoms with van der Waals surface area (Å²) >= 11 is 0. The van der Waals surface area contributed by atoms with E-state index in [1.807, 2.05) is 60.8 Å². The van der Waals surface area contributed by atoms with E-state index in [1.54, 1.807) is 22.8 Å². The quantitative estimate of drug-likeness (QED) is 0.458. The zero-order chi connectivity index (χ0) is 21.6. The van der Waals surface area contributed by atoms with Crippen LogP contribution >= 0.6 is 0 Å². The molecular weight excluding hydrogens is 388 g/mol. The highest BCUT2D eigenvalue weighted by molar-refractivity contribution is 6.02. The number of carbonyl (C=O) groups is 1. The van der Waals surface area contributed by atoms with Gasteiger partial charge in [0.1, 0.15) is 23.1 Å². The van der Waals surface area contributed by atoms with E-state index in [1.165, 1.54) is 0 Å². The molecule has 0 atom stereocenters. The van der Waals surface area contributed by atoms with Crippen LogP contribution in [0.1, 0.15) is 24.8 Å². The normalized spacial score (nSPS) is 14.2. The summed E-state index contributed by atoms with van der Waals surface area (Å²) in [7, 11) is 1.62. The average Bonchev–Trinajstić information content (AvgIpc) is 3.27. The third-order valence-corrected chi connectivity index (χ3v) is 5.40. The Kier molecular flexibility index (Phi) is 6.13. The van der Waals surface area contributed by atoms with Crippen molar-refractivity contribution in [3.05, 3.63) is 71.9 Å². The molecule has 0 N–H and O–H groups in total. The highest BCUT2D eigenvalue weighted by atomic mass is 16.5. The number of nitrogens with zero attached hydrogens (tertiary/aromatic N) is 4. The molecule has 1 aliphatic heterocycles. The number of carbonyl (C=O) groups excluding carboxylic acids is 1. The Morgan fingerprint density at radius 2 is 1.87 bits per heavy atom. The minimum Gasteiger partial charge on any atom is -0.497 e. The second-order valence-electron chi connectivity index (χ2n) is 7.47. The highest BCUT2D eigenvalue weighted by Crippen LogP contribution is 2.28. The molecular formula is C25H24N4O2. The Balaban J connectivity index is 1.79. The van der Waals surface area contributed by atoms with Gasteiger partial charge in [0, 0.05) is 30.4 Å². The van der Waals surface area contributed by atoms with E-state index in [4.69, 9.17) is 9.84 Å². The molecule has 0 bridgehead atoms. The molecule has 0 aliphatic carbocycles. The van der Waals surface area contributed by atoms with E-state index >= 15 is 0 Å². The first-order valence-electron chi connectivity index (χ1n) is 10.4. The lowest BCUT2D eigenvalue weighted by atomic mass is 10.0. The third kappa shape index (κ3) is 4.51. The molecule has 6 nitrogen and oxygen atoms in total. The minimum absolute atomic E-state index is 0.124. The van der Waals surface area contributed by atoms with Crippen molar-refractivity contribution in [3.63, 3.8) is 0 Å². The average molecular weight is 412 g/mol. The number of hydrogen-bond acceptors (Lipinski definition) is 4.